The van der Waals surface area contributed by atoms with Gasteiger partial charge in [0.05, 0.1) is 0 Å². The zero-order chi connectivity index (χ0) is 22.5. The van der Waals surface area contributed by atoms with E-state index in [0.29, 0.717) is 0 Å². The van der Waals surface area contributed by atoms with Gasteiger partial charge in [-0.25, -0.2) is 12.1 Å². The topological polar surface area (TPSA) is 0 Å². The molecule has 4 aromatic rings. The van der Waals surface area contributed by atoms with E-state index in [-0.39, 0.29) is 44.1 Å². The number of hydrogen-bond donors (Lipinski definition) is 0. The molecule has 0 saturated heterocycles. The van der Waals surface area contributed by atoms with E-state index in [1.165, 1.54) is 32.7 Å². The van der Waals surface area contributed by atoms with Crippen LogP contribution in [0.2, 0.25) is 0 Å². The molecule has 0 N–H and O–H groups in total. The van der Waals surface area contributed by atoms with Crippen LogP contribution in [0.15, 0.2) is 78.4 Å². The molecule has 0 aliphatic carbocycles. The van der Waals surface area contributed by atoms with Crippen LogP contribution in [-0.2, 0) is 36.7 Å². The molecule has 0 aromatic heterocycles. The van der Waals surface area contributed by atoms with Crippen LogP contribution >= 0.6 is 0 Å². The Morgan fingerprint density at radius 2 is 1.06 bits per heavy atom. The first-order valence-corrected chi connectivity index (χ1v) is 10.8. The summed E-state index contributed by atoms with van der Waals surface area (Å²) in [6.45, 7) is 22.4. The summed E-state index contributed by atoms with van der Waals surface area (Å²) >= 11 is 0. The molecule has 0 amide bonds. The van der Waals surface area contributed by atoms with Crippen LogP contribution in [0.1, 0.15) is 66.5 Å². The molecule has 0 heterocycles. The van der Waals surface area contributed by atoms with Crippen molar-refractivity contribution in [2.24, 2.45) is 0 Å². The Labute approximate surface area is 216 Å². The Kier molecular flexibility index (Phi) is 11.8. The summed E-state index contributed by atoms with van der Waals surface area (Å²) in [6, 6.07) is 26.2. The van der Waals surface area contributed by atoms with E-state index in [1.54, 1.807) is 0 Å². The molecule has 0 radical (unpaired) electrons. The monoisotopic (exact) mass is 592 g/mol. The second-order valence-electron chi connectivity index (χ2n) is 10.3. The van der Waals surface area contributed by atoms with Crippen molar-refractivity contribution in [2.45, 2.75) is 66.2 Å². The van der Waals surface area contributed by atoms with Gasteiger partial charge in [-0.2, -0.15) is 18.2 Å². The maximum atomic E-state index is 5.03. The average molecular weight is 591 g/mol. The van der Waals surface area contributed by atoms with Crippen molar-refractivity contribution in [1.29, 1.82) is 0 Å². The van der Waals surface area contributed by atoms with Gasteiger partial charge in [0.15, 0.2) is 0 Å². The fourth-order valence-electron chi connectivity index (χ4n) is 3.28. The Bertz CT molecular complexity index is 988. The van der Waals surface area contributed by atoms with Gasteiger partial charge in [0, 0.05) is 0 Å². The molecule has 4 aromatic carbocycles. The fourth-order valence-corrected chi connectivity index (χ4v) is 3.28. The van der Waals surface area contributed by atoms with Crippen molar-refractivity contribution in [2.75, 3.05) is 0 Å². The fraction of sp³-hybridized carbons (Fsp3) is 0.323. The minimum absolute atomic E-state index is 0. The van der Waals surface area contributed by atoms with Gasteiger partial charge in [0.25, 0.3) is 0 Å². The molecule has 0 spiro atoms. The van der Waals surface area contributed by atoms with Crippen molar-refractivity contribution in [3.05, 3.63) is 104 Å². The minimum atomic E-state index is 0. The van der Waals surface area contributed by atoms with Crippen LogP contribution in [0, 0.1) is 14.0 Å². The van der Waals surface area contributed by atoms with E-state index in [1.807, 2.05) is 44.2 Å². The van der Waals surface area contributed by atoms with Crippen LogP contribution < -0.4 is 0 Å². The van der Waals surface area contributed by atoms with Crippen LogP contribution in [0.5, 0.6) is 0 Å². The van der Waals surface area contributed by atoms with E-state index in [9.17, 15) is 0 Å². The Hall–Kier alpha value is -1.73. The van der Waals surface area contributed by atoms with Crippen molar-refractivity contribution in [3.8, 4) is 0 Å². The Morgan fingerprint density at radius 1 is 0.719 bits per heavy atom. The quantitative estimate of drug-likeness (QED) is 0.141. The Morgan fingerprint density at radius 3 is 1.31 bits per heavy atom. The van der Waals surface area contributed by atoms with Gasteiger partial charge in [0.2, 0.25) is 0 Å². The van der Waals surface area contributed by atoms with Gasteiger partial charge >= 0.3 is 25.8 Å². The number of benzene rings is 2. The van der Waals surface area contributed by atoms with Crippen LogP contribution in [0.4, 0.5) is 0 Å². The summed E-state index contributed by atoms with van der Waals surface area (Å²) < 4.78 is 0. The number of rotatable bonds is 0. The van der Waals surface area contributed by atoms with E-state index < -0.39 is 0 Å². The predicted molar refractivity (Wildman–Crippen MR) is 142 cm³/mol. The Balaban J connectivity index is 0.000000739. The molecule has 1 heteroatoms. The van der Waals surface area contributed by atoms with Crippen LogP contribution in [0.3, 0.4) is 0 Å². The van der Waals surface area contributed by atoms with E-state index >= 15 is 0 Å². The zero-order valence-electron chi connectivity index (χ0n) is 21.5. The molecule has 4 rings (SSSR count). The molecular formula is C31H40Hf. The summed E-state index contributed by atoms with van der Waals surface area (Å²) in [5, 5.41) is 5.48. The number of fused-ring (bicyclic) bond motifs is 3. The molecule has 0 aliphatic rings. The van der Waals surface area contributed by atoms with Crippen LogP contribution in [0.25, 0.3) is 21.5 Å². The van der Waals surface area contributed by atoms with Crippen molar-refractivity contribution < 1.29 is 25.8 Å². The molecule has 0 saturated carbocycles. The van der Waals surface area contributed by atoms with E-state index in [4.69, 9.17) is 6.58 Å². The smallest absolute Gasteiger partial charge is 0.515 e. The molecule has 0 fully saturated rings. The van der Waals surface area contributed by atoms with Crippen molar-refractivity contribution >= 4 is 21.5 Å². The van der Waals surface area contributed by atoms with Crippen molar-refractivity contribution in [3.63, 3.8) is 0 Å². The van der Waals surface area contributed by atoms with Gasteiger partial charge in [-0.3, -0.25) is 5.57 Å². The SMILES string of the molecule is CC(C)(C)c1ccc2c(c1)[cH-]c1cc(C(C)(C)C)ccc12.[CH-]=C(C)C.[CH3-].[Hf+4].c1cc[cH-]c1. The zero-order valence-corrected chi connectivity index (χ0v) is 25.1. The summed E-state index contributed by atoms with van der Waals surface area (Å²) in [7, 11) is 0. The second kappa shape index (κ2) is 12.5. The molecule has 0 atom stereocenters. The third-order valence-corrected chi connectivity index (χ3v) is 4.99. The molecule has 0 bridgehead atoms. The third-order valence-electron chi connectivity index (χ3n) is 4.99. The maximum absolute atomic E-state index is 5.03. The first-order chi connectivity index (χ1) is 13.9. The molecule has 0 nitrogen and oxygen atoms in total. The second-order valence-corrected chi connectivity index (χ2v) is 10.3. The van der Waals surface area contributed by atoms with Gasteiger partial charge < -0.3 is 14.0 Å². The number of allylic oxidation sites excluding steroid dienone is 1. The van der Waals surface area contributed by atoms with Crippen molar-refractivity contribution in [1.82, 2.24) is 0 Å². The van der Waals surface area contributed by atoms with Gasteiger partial charge in [-0.1, -0.05) is 90.8 Å². The van der Waals surface area contributed by atoms with E-state index in [0.717, 1.165) is 5.57 Å². The van der Waals surface area contributed by atoms with Gasteiger partial charge in [-0.05, 0) is 10.8 Å². The molecule has 168 valence electrons. The maximum Gasteiger partial charge on any atom is 4.00 e. The predicted octanol–water partition coefficient (Wildman–Crippen LogP) is 9.55. The normalized spacial score (nSPS) is 10.8. The third kappa shape index (κ3) is 8.66. The molecule has 32 heavy (non-hydrogen) atoms. The largest absolute Gasteiger partial charge is 4.00 e. The van der Waals surface area contributed by atoms with Gasteiger partial charge in [0.1, 0.15) is 0 Å². The summed E-state index contributed by atoms with van der Waals surface area (Å²) in [5.74, 6) is 0. The molecule has 0 unspecified atom stereocenters. The molecular weight excluding hydrogens is 551 g/mol. The summed E-state index contributed by atoms with van der Waals surface area (Å²) in [6.07, 6.45) is 0. The first kappa shape index (κ1) is 30.3. The van der Waals surface area contributed by atoms with Gasteiger partial charge in [-0.15, -0.1) is 39.7 Å². The summed E-state index contributed by atoms with van der Waals surface area (Å²) in [4.78, 5) is 0. The van der Waals surface area contributed by atoms with Crippen LogP contribution in [-0.4, -0.2) is 0 Å². The number of hydrogen-bond acceptors (Lipinski definition) is 0. The average Bonchev–Trinajstić information content (AvgIpc) is 3.30. The molecule has 0 aliphatic heterocycles. The summed E-state index contributed by atoms with van der Waals surface area (Å²) in [5.41, 5.74) is 4.13. The van der Waals surface area contributed by atoms with E-state index in [2.05, 4.69) is 84.0 Å². The minimum Gasteiger partial charge on any atom is -0.515 e. The first-order valence-electron chi connectivity index (χ1n) is 10.8. The standard InChI is InChI=1S/C21H25.C5H5.C4H7.CH3.Hf/c1-20(2,3)16-7-9-18-14(12-16)11-15-13-17(21(4,5)6)8-10-19(15)18;1-2-4-5-3-1;1-4(2)3;;/h7-13H,1-6H3;1-5H;1H,2-3H3;1H3;/q4*-1;+4.